The average molecular weight is 300 g/mol. The Morgan fingerprint density at radius 2 is 1.52 bits per heavy atom. The van der Waals surface area contributed by atoms with Crippen molar-refractivity contribution >= 4 is 49.7 Å². The molecule has 0 aliphatic heterocycles. The highest BCUT2D eigenvalue weighted by Gasteiger charge is 2.18. The largest absolute Gasteiger partial charge is 0.456 e. The van der Waals surface area contributed by atoms with Gasteiger partial charge in [-0.3, -0.25) is 4.79 Å². The number of furan rings is 2. The van der Waals surface area contributed by atoms with Crippen LogP contribution in [0, 0.1) is 0 Å². The molecule has 0 saturated heterocycles. The summed E-state index contributed by atoms with van der Waals surface area (Å²) in [7, 11) is 0. The normalized spacial score (nSPS) is 11.9. The fourth-order valence-corrected chi connectivity index (χ4v) is 3.39. The lowest BCUT2D eigenvalue weighted by atomic mass is 10.0. The summed E-state index contributed by atoms with van der Waals surface area (Å²) in [5, 5.41) is 3.81. The monoisotopic (exact) mass is 300 g/mol. The Morgan fingerprint density at radius 3 is 2.39 bits per heavy atom. The standard InChI is InChI=1S/C20H12O3/c1-11(21)12-6-4-8-16-18(12)14-9-10-17-19(20(14)23-16)13-5-2-3-7-15(13)22-17/h2-10H,1H3. The topological polar surface area (TPSA) is 43.4 Å². The maximum atomic E-state index is 12.0. The summed E-state index contributed by atoms with van der Waals surface area (Å²) in [6.07, 6.45) is 0. The maximum absolute atomic E-state index is 12.0. The lowest BCUT2D eigenvalue weighted by molar-refractivity contribution is 0.101. The fraction of sp³-hybridized carbons (Fsp3) is 0.0500. The Labute approximate surface area is 131 Å². The molecule has 3 aromatic carbocycles. The number of carbonyl (C=O) groups is 1. The molecule has 0 fully saturated rings. The third kappa shape index (κ3) is 1.56. The van der Waals surface area contributed by atoms with Crippen LogP contribution in [0.1, 0.15) is 17.3 Å². The van der Waals surface area contributed by atoms with Gasteiger partial charge in [-0.1, -0.05) is 30.3 Å². The Balaban J connectivity index is 2.08. The lowest BCUT2D eigenvalue weighted by Crippen LogP contribution is -1.91. The second-order valence-corrected chi connectivity index (χ2v) is 5.75. The molecule has 0 atom stereocenters. The van der Waals surface area contributed by atoms with Crippen LogP contribution in [0.2, 0.25) is 0 Å². The molecule has 3 heteroatoms. The van der Waals surface area contributed by atoms with Gasteiger partial charge in [-0.05, 0) is 31.2 Å². The van der Waals surface area contributed by atoms with Crippen molar-refractivity contribution in [3.8, 4) is 0 Å². The number of rotatable bonds is 1. The van der Waals surface area contributed by atoms with E-state index in [2.05, 4.69) is 0 Å². The van der Waals surface area contributed by atoms with Crippen LogP contribution in [0.5, 0.6) is 0 Å². The highest BCUT2D eigenvalue weighted by atomic mass is 16.3. The van der Waals surface area contributed by atoms with E-state index in [1.165, 1.54) is 0 Å². The van der Waals surface area contributed by atoms with Crippen molar-refractivity contribution in [2.75, 3.05) is 0 Å². The summed E-state index contributed by atoms with van der Waals surface area (Å²) in [5.74, 6) is 0.0375. The summed E-state index contributed by atoms with van der Waals surface area (Å²) in [5.41, 5.74) is 3.82. The van der Waals surface area contributed by atoms with Crippen molar-refractivity contribution < 1.29 is 13.6 Å². The number of Topliss-reactive ketones (excluding diaryl/α,β-unsaturated/α-hetero) is 1. The molecule has 110 valence electrons. The predicted molar refractivity (Wildman–Crippen MR) is 91.0 cm³/mol. The van der Waals surface area contributed by atoms with Gasteiger partial charge in [0.1, 0.15) is 22.3 Å². The molecule has 2 heterocycles. The number of hydrogen-bond acceptors (Lipinski definition) is 3. The first-order chi connectivity index (χ1) is 11.2. The van der Waals surface area contributed by atoms with Crippen molar-refractivity contribution in [2.24, 2.45) is 0 Å². The van der Waals surface area contributed by atoms with Crippen molar-refractivity contribution in [3.63, 3.8) is 0 Å². The van der Waals surface area contributed by atoms with E-state index in [1.54, 1.807) is 6.92 Å². The van der Waals surface area contributed by atoms with Gasteiger partial charge in [-0.2, -0.15) is 0 Å². The van der Waals surface area contributed by atoms with Crippen LogP contribution in [0.3, 0.4) is 0 Å². The van der Waals surface area contributed by atoms with Gasteiger partial charge in [0.2, 0.25) is 0 Å². The van der Waals surface area contributed by atoms with E-state index in [4.69, 9.17) is 8.83 Å². The van der Waals surface area contributed by atoms with E-state index in [1.807, 2.05) is 54.6 Å². The molecule has 23 heavy (non-hydrogen) atoms. The number of para-hydroxylation sites is 1. The van der Waals surface area contributed by atoms with E-state index < -0.39 is 0 Å². The quantitative estimate of drug-likeness (QED) is 0.374. The zero-order valence-corrected chi connectivity index (χ0v) is 12.4. The van der Waals surface area contributed by atoms with Gasteiger partial charge < -0.3 is 8.83 Å². The third-order valence-corrected chi connectivity index (χ3v) is 4.38. The van der Waals surface area contributed by atoms with E-state index in [0.717, 1.165) is 43.9 Å². The van der Waals surface area contributed by atoms with Gasteiger partial charge in [0.05, 0.1) is 5.39 Å². The predicted octanol–water partition coefficient (Wildman–Crippen LogP) is 5.69. The number of ketones is 1. The van der Waals surface area contributed by atoms with Crippen LogP contribution < -0.4 is 0 Å². The first-order valence-corrected chi connectivity index (χ1v) is 7.50. The van der Waals surface area contributed by atoms with Gasteiger partial charge in [-0.25, -0.2) is 0 Å². The van der Waals surface area contributed by atoms with Crippen molar-refractivity contribution in [3.05, 3.63) is 60.2 Å². The number of benzene rings is 3. The average Bonchev–Trinajstić information content (AvgIpc) is 3.11. The fourth-order valence-electron chi connectivity index (χ4n) is 3.39. The van der Waals surface area contributed by atoms with Crippen LogP contribution in [0.25, 0.3) is 43.9 Å². The highest BCUT2D eigenvalue weighted by molar-refractivity contribution is 6.24. The SMILES string of the molecule is CC(=O)c1cccc2oc3c(ccc4oc5ccccc5c43)c12. The molecule has 3 nitrogen and oxygen atoms in total. The molecule has 0 bridgehead atoms. The Hall–Kier alpha value is -3.07. The summed E-state index contributed by atoms with van der Waals surface area (Å²) in [4.78, 5) is 12.0. The summed E-state index contributed by atoms with van der Waals surface area (Å²) in [6.45, 7) is 1.58. The zero-order chi connectivity index (χ0) is 15.6. The van der Waals surface area contributed by atoms with Crippen LogP contribution >= 0.6 is 0 Å². The Bertz CT molecular complexity index is 1240. The van der Waals surface area contributed by atoms with Crippen LogP contribution in [0.4, 0.5) is 0 Å². The van der Waals surface area contributed by atoms with E-state index in [-0.39, 0.29) is 5.78 Å². The van der Waals surface area contributed by atoms with Crippen LogP contribution in [-0.4, -0.2) is 5.78 Å². The van der Waals surface area contributed by atoms with Crippen LogP contribution in [0.15, 0.2) is 63.4 Å². The molecule has 5 rings (SSSR count). The van der Waals surface area contributed by atoms with Gasteiger partial charge in [0, 0.05) is 21.7 Å². The van der Waals surface area contributed by atoms with E-state index in [9.17, 15) is 4.79 Å². The lowest BCUT2D eigenvalue weighted by Gasteiger charge is -1.97. The van der Waals surface area contributed by atoms with Crippen LogP contribution in [-0.2, 0) is 0 Å². The van der Waals surface area contributed by atoms with Gasteiger partial charge >= 0.3 is 0 Å². The minimum atomic E-state index is 0.0375. The number of fused-ring (bicyclic) bond motifs is 7. The second kappa shape index (κ2) is 4.23. The molecular weight excluding hydrogens is 288 g/mol. The molecule has 0 N–H and O–H groups in total. The smallest absolute Gasteiger partial charge is 0.160 e. The van der Waals surface area contributed by atoms with E-state index >= 15 is 0 Å². The zero-order valence-electron chi connectivity index (χ0n) is 12.4. The molecule has 0 radical (unpaired) electrons. The van der Waals surface area contributed by atoms with Gasteiger partial charge in [0.15, 0.2) is 5.78 Å². The molecule has 0 unspecified atom stereocenters. The molecule has 0 aliphatic carbocycles. The summed E-state index contributed by atoms with van der Waals surface area (Å²) in [6, 6.07) is 17.4. The molecule has 0 spiro atoms. The van der Waals surface area contributed by atoms with Gasteiger partial charge in [0.25, 0.3) is 0 Å². The third-order valence-electron chi connectivity index (χ3n) is 4.38. The molecule has 0 aliphatic rings. The van der Waals surface area contributed by atoms with Crippen molar-refractivity contribution in [1.29, 1.82) is 0 Å². The number of hydrogen-bond donors (Lipinski definition) is 0. The minimum absolute atomic E-state index is 0.0375. The Morgan fingerprint density at radius 1 is 0.739 bits per heavy atom. The van der Waals surface area contributed by atoms with Crippen molar-refractivity contribution in [2.45, 2.75) is 6.92 Å². The second-order valence-electron chi connectivity index (χ2n) is 5.75. The summed E-state index contributed by atoms with van der Waals surface area (Å²) >= 11 is 0. The maximum Gasteiger partial charge on any atom is 0.160 e. The Kier molecular flexibility index (Phi) is 2.29. The first kappa shape index (κ1) is 12.5. The number of carbonyl (C=O) groups excluding carboxylic acids is 1. The molecule has 5 aromatic rings. The molecule has 0 saturated carbocycles. The molecule has 2 aromatic heterocycles. The van der Waals surface area contributed by atoms with Gasteiger partial charge in [-0.15, -0.1) is 0 Å². The van der Waals surface area contributed by atoms with Crippen molar-refractivity contribution in [1.82, 2.24) is 0 Å². The molecular formula is C20H12O3. The minimum Gasteiger partial charge on any atom is -0.456 e. The summed E-state index contributed by atoms with van der Waals surface area (Å²) < 4.78 is 12.0. The first-order valence-electron chi connectivity index (χ1n) is 7.50. The molecule has 0 amide bonds. The van der Waals surface area contributed by atoms with E-state index in [0.29, 0.717) is 5.56 Å². The highest BCUT2D eigenvalue weighted by Crippen LogP contribution is 2.39.